The second kappa shape index (κ2) is 10.3. The largest absolute Gasteiger partial charge is 0.497 e. The molecule has 2 amide bonds. The van der Waals surface area contributed by atoms with Crippen LogP contribution in [0.1, 0.15) is 5.56 Å². The Labute approximate surface area is 163 Å². The Bertz CT molecular complexity index is 769. The fourth-order valence-corrected chi connectivity index (χ4v) is 2.28. The van der Waals surface area contributed by atoms with Gasteiger partial charge in [-0.3, -0.25) is 0 Å². The number of nitrogens with one attached hydrogen (secondary N) is 1. The van der Waals surface area contributed by atoms with Crippen LogP contribution < -0.4 is 19.5 Å². The number of nitrogens with zero attached hydrogens (tertiary/aromatic N) is 1. The van der Waals surface area contributed by atoms with Gasteiger partial charge in [0.2, 0.25) is 0 Å². The van der Waals surface area contributed by atoms with Gasteiger partial charge in [0.1, 0.15) is 30.5 Å². The maximum absolute atomic E-state index is 12.3. The molecule has 6 nitrogen and oxygen atoms in total. The summed E-state index contributed by atoms with van der Waals surface area (Å²) in [5, 5.41) is 2.71. The van der Waals surface area contributed by atoms with Crippen LogP contribution in [-0.4, -0.2) is 51.3 Å². The van der Waals surface area contributed by atoms with Crippen molar-refractivity contribution in [2.75, 3.05) is 39.2 Å². The third-order valence-electron chi connectivity index (χ3n) is 3.91. The number of ether oxygens (including phenoxy) is 3. The lowest BCUT2D eigenvalue weighted by Gasteiger charge is -2.19. The van der Waals surface area contributed by atoms with Crippen LogP contribution >= 0.6 is 0 Å². The summed E-state index contributed by atoms with van der Waals surface area (Å²) < 4.78 is 40.4. The van der Waals surface area contributed by atoms with E-state index in [0.29, 0.717) is 35.9 Å². The number of likely N-dealkylation sites (N-methyl/N-ethyl adjacent to an activating group) is 1. The van der Waals surface area contributed by atoms with Crippen molar-refractivity contribution in [1.82, 2.24) is 4.90 Å². The molecule has 0 fully saturated rings. The van der Waals surface area contributed by atoms with E-state index in [1.807, 2.05) is 0 Å². The summed E-state index contributed by atoms with van der Waals surface area (Å²) in [4.78, 5) is 13.7. The van der Waals surface area contributed by atoms with E-state index in [4.69, 9.17) is 14.2 Å². The van der Waals surface area contributed by atoms with Crippen molar-refractivity contribution in [2.24, 2.45) is 0 Å². The third kappa shape index (κ3) is 6.61. The van der Waals surface area contributed by atoms with Crippen LogP contribution in [0.15, 0.2) is 42.5 Å². The first-order chi connectivity index (χ1) is 13.4. The predicted molar refractivity (Wildman–Crippen MR) is 103 cm³/mol. The van der Waals surface area contributed by atoms with Crippen molar-refractivity contribution in [1.29, 1.82) is 0 Å². The maximum Gasteiger partial charge on any atom is 0.321 e. The molecule has 0 aliphatic rings. The Morgan fingerprint density at radius 1 is 1.11 bits per heavy atom. The van der Waals surface area contributed by atoms with Gasteiger partial charge < -0.3 is 24.4 Å². The first-order valence-electron chi connectivity index (χ1n) is 8.69. The van der Waals surface area contributed by atoms with Gasteiger partial charge in [0.15, 0.2) is 0 Å². The summed E-state index contributed by atoms with van der Waals surface area (Å²) in [6.45, 7) is 1.72. The quantitative estimate of drug-likeness (QED) is 0.693. The molecule has 0 atom stereocenters. The summed E-state index contributed by atoms with van der Waals surface area (Å²) >= 11 is 0. The number of aryl methyl sites for hydroxylation is 1. The Hall–Kier alpha value is -3.03. The number of carbonyl (C=O) groups excluding carboxylic acids is 1. The number of carbonyl (C=O) groups is 1. The lowest BCUT2D eigenvalue weighted by Crippen LogP contribution is -2.34. The van der Waals surface area contributed by atoms with Crippen molar-refractivity contribution in [3.8, 4) is 17.2 Å². The summed E-state index contributed by atoms with van der Waals surface area (Å²) in [5.41, 5.74) is 1.17. The van der Waals surface area contributed by atoms with Gasteiger partial charge in [-0.15, -0.1) is 0 Å². The fraction of sp³-hybridized carbons (Fsp3) is 0.350. The van der Waals surface area contributed by atoms with Gasteiger partial charge in [0, 0.05) is 18.8 Å². The van der Waals surface area contributed by atoms with Crippen molar-refractivity contribution < 1.29 is 27.8 Å². The van der Waals surface area contributed by atoms with Gasteiger partial charge in [-0.1, -0.05) is 6.07 Å². The van der Waals surface area contributed by atoms with E-state index in [9.17, 15) is 13.6 Å². The van der Waals surface area contributed by atoms with E-state index >= 15 is 0 Å². The molecule has 0 aliphatic carbocycles. The number of methoxy groups -OCH3 is 1. The Balaban J connectivity index is 1.83. The molecule has 0 unspecified atom stereocenters. The molecule has 152 valence electrons. The molecule has 0 aliphatic heterocycles. The zero-order valence-electron chi connectivity index (χ0n) is 16.1. The van der Waals surface area contributed by atoms with Gasteiger partial charge in [0.25, 0.3) is 6.43 Å². The highest BCUT2D eigenvalue weighted by Crippen LogP contribution is 2.23. The van der Waals surface area contributed by atoms with Crippen molar-refractivity contribution in [2.45, 2.75) is 13.3 Å². The number of anilines is 1. The van der Waals surface area contributed by atoms with Crippen LogP contribution in [0.2, 0.25) is 0 Å². The molecule has 0 saturated heterocycles. The van der Waals surface area contributed by atoms with Crippen LogP contribution in [0.3, 0.4) is 0 Å². The zero-order valence-corrected chi connectivity index (χ0v) is 16.1. The Morgan fingerprint density at radius 2 is 1.79 bits per heavy atom. The van der Waals surface area contributed by atoms with Crippen LogP contribution in [0.25, 0.3) is 0 Å². The van der Waals surface area contributed by atoms with Gasteiger partial charge >= 0.3 is 6.03 Å². The molecule has 0 radical (unpaired) electrons. The zero-order chi connectivity index (χ0) is 20.5. The molecule has 0 aromatic heterocycles. The number of hydrogen-bond acceptors (Lipinski definition) is 4. The monoisotopic (exact) mass is 394 g/mol. The molecule has 8 heteroatoms. The van der Waals surface area contributed by atoms with E-state index in [1.54, 1.807) is 57.5 Å². The molecule has 0 saturated carbocycles. The first-order valence-corrected chi connectivity index (χ1v) is 8.69. The first kappa shape index (κ1) is 21.3. The molecule has 0 heterocycles. The van der Waals surface area contributed by atoms with E-state index in [0.717, 1.165) is 5.75 Å². The number of alkyl halides is 2. The minimum atomic E-state index is -2.56. The SMILES string of the molecule is COc1ccc(OCCN(C)C(=O)Nc2ccc(C)c(OCC(F)F)c2)cc1. The van der Waals surface area contributed by atoms with E-state index in [-0.39, 0.29) is 6.03 Å². The number of amides is 2. The average Bonchev–Trinajstić information content (AvgIpc) is 2.68. The minimum Gasteiger partial charge on any atom is -0.497 e. The molecular weight excluding hydrogens is 370 g/mol. The second-order valence-electron chi connectivity index (χ2n) is 6.06. The Morgan fingerprint density at radius 3 is 2.43 bits per heavy atom. The van der Waals surface area contributed by atoms with Gasteiger partial charge in [-0.05, 0) is 42.8 Å². The summed E-state index contributed by atoms with van der Waals surface area (Å²) in [5.74, 6) is 1.72. The normalized spacial score (nSPS) is 10.5. The second-order valence-corrected chi connectivity index (χ2v) is 6.06. The lowest BCUT2D eigenvalue weighted by atomic mass is 10.2. The van der Waals surface area contributed by atoms with Crippen LogP contribution in [0.5, 0.6) is 17.2 Å². The molecule has 2 aromatic rings. The van der Waals surface area contributed by atoms with Gasteiger partial charge in [-0.2, -0.15) is 0 Å². The lowest BCUT2D eigenvalue weighted by molar-refractivity contribution is 0.0816. The average molecular weight is 394 g/mol. The molecule has 28 heavy (non-hydrogen) atoms. The topological polar surface area (TPSA) is 60.0 Å². The van der Waals surface area contributed by atoms with E-state index in [1.165, 1.54) is 11.0 Å². The third-order valence-corrected chi connectivity index (χ3v) is 3.91. The number of rotatable bonds is 9. The smallest absolute Gasteiger partial charge is 0.321 e. The van der Waals surface area contributed by atoms with Crippen LogP contribution in [0.4, 0.5) is 19.3 Å². The predicted octanol–water partition coefficient (Wildman–Crippen LogP) is 4.19. The highest BCUT2D eigenvalue weighted by molar-refractivity contribution is 5.89. The minimum absolute atomic E-state index is 0.309. The molecule has 2 aromatic carbocycles. The van der Waals surface area contributed by atoms with Crippen molar-refractivity contribution in [3.63, 3.8) is 0 Å². The highest BCUT2D eigenvalue weighted by Gasteiger charge is 2.11. The number of halogens is 2. The van der Waals surface area contributed by atoms with Crippen LogP contribution in [0, 0.1) is 6.92 Å². The summed E-state index contributed by atoms with van der Waals surface area (Å²) in [6.07, 6.45) is -2.56. The summed E-state index contributed by atoms with van der Waals surface area (Å²) in [7, 11) is 3.22. The fourth-order valence-electron chi connectivity index (χ4n) is 2.28. The van der Waals surface area contributed by atoms with Crippen molar-refractivity contribution >= 4 is 11.7 Å². The van der Waals surface area contributed by atoms with Gasteiger partial charge in [0.05, 0.1) is 13.7 Å². The number of benzene rings is 2. The molecule has 0 spiro atoms. The standard InChI is InChI=1S/C20H24F2N2O4/c1-14-4-5-15(12-18(14)28-13-19(21)22)23-20(25)24(2)10-11-27-17-8-6-16(26-3)7-9-17/h4-9,12,19H,10-11,13H2,1-3H3,(H,23,25). The maximum atomic E-state index is 12.3. The van der Waals surface area contributed by atoms with Crippen molar-refractivity contribution in [3.05, 3.63) is 48.0 Å². The molecular formula is C20H24F2N2O4. The van der Waals surface area contributed by atoms with E-state index < -0.39 is 13.0 Å². The molecule has 1 N–H and O–H groups in total. The van der Waals surface area contributed by atoms with Gasteiger partial charge in [-0.25, -0.2) is 13.6 Å². The highest BCUT2D eigenvalue weighted by atomic mass is 19.3. The Kier molecular flexibility index (Phi) is 7.86. The molecule has 2 rings (SSSR count). The summed E-state index contributed by atoms with van der Waals surface area (Å²) in [6, 6.07) is 11.7. The number of hydrogen-bond donors (Lipinski definition) is 1. The van der Waals surface area contributed by atoms with E-state index in [2.05, 4.69) is 5.32 Å². The van der Waals surface area contributed by atoms with Crippen LogP contribution in [-0.2, 0) is 0 Å². The number of urea groups is 1. The molecule has 0 bridgehead atoms.